The fourth-order valence-electron chi connectivity index (χ4n) is 4.08. The Morgan fingerprint density at radius 1 is 0.735 bits per heavy atom. The van der Waals surface area contributed by atoms with Gasteiger partial charge in [-0.05, 0) is 65.3 Å². The summed E-state index contributed by atoms with van der Waals surface area (Å²) < 4.78 is 28.7. The van der Waals surface area contributed by atoms with Gasteiger partial charge in [0.2, 0.25) is 0 Å². The van der Waals surface area contributed by atoms with Crippen molar-refractivity contribution in [3.8, 4) is 23.0 Å². The molecule has 0 atom stereocenters. The van der Waals surface area contributed by atoms with Gasteiger partial charge in [-0.15, -0.1) is 0 Å². The van der Waals surface area contributed by atoms with Crippen LogP contribution in [0.2, 0.25) is 5.02 Å². The van der Waals surface area contributed by atoms with E-state index < -0.39 is 5.82 Å². The minimum Gasteiger partial charge on any atom is -0.205 e. The average molecular weight is 473 g/mol. The number of hydrogen-bond donors (Lipinski definition) is 0. The van der Waals surface area contributed by atoms with E-state index in [1.807, 2.05) is 18.2 Å². The van der Waals surface area contributed by atoms with Crippen molar-refractivity contribution in [3.05, 3.63) is 106 Å². The van der Waals surface area contributed by atoms with Crippen LogP contribution in [0.3, 0.4) is 0 Å². The van der Waals surface area contributed by atoms with Crippen molar-refractivity contribution in [2.24, 2.45) is 0 Å². The maximum Gasteiger partial charge on any atom is 0.146 e. The zero-order chi connectivity index (χ0) is 23.9. The Morgan fingerprint density at radius 3 is 2.26 bits per heavy atom. The van der Waals surface area contributed by atoms with Crippen molar-refractivity contribution in [2.45, 2.75) is 45.4 Å². The van der Waals surface area contributed by atoms with E-state index in [1.54, 1.807) is 18.2 Å². The molecule has 0 fully saturated rings. The van der Waals surface area contributed by atoms with Gasteiger partial charge in [0.25, 0.3) is 0 Å². The van der Waals surface area contributed by atoms with Crippen LogP contribution in [0.25, 0.3) is 21.9 Å². The molecular formula is C31H27ClF2. The van der Waals surface area contributed by atoms with Crippen LogP contribution >= 0.6 is 11.6 Å². The fourth-order valence-corrected chi connectivity index (χ4v) is 4.20. The van der Waals surface area contributed by atoms with Crippen molar-refractivity contribution in [2.75, 3.05) is 0 Å². The molecule has 0 aliphatic carbocycles. The highest BCUT2D eigenvalue weighted by Crippen LogP contribution is 2.28. The van der Waals surface area contributed by atoms with Crippen LogP contribution in [0.4, 0.5) is 8.78 Å². The average Bonchev–Trinajstić information content (AvgIpc) is 2.86. The van der Waals surface area contributed by atoms with E-state index in [1.165, 1.54) is 49.8 Å². The van der Waals surface area contributed by atoms with Gasteiger partial charge in [0, 0.05) is 10.9 Å². The molecule has 172 valence electrons. The summed E-state index contributed by atoms with van der Waals surface area (Å²) >= 11 is 5.71. The van der Waals surface area contributed by atoms with E-state index in [-0.39, 0.29) is 16.4 Å². The van der Waals surface area contributed by atoms with Gasteiger partial charge in [0.15, 0.2) is 0 Å². The van der Waals surface area contributed by atoms with Gasteiger partial charge in [0.1, 0.15) is 11.6 Å². The summed E-state index contributed by atoms with van der Waals surface area (Å²) in [6, 6.07) is 22.3. The third kappa shape index (κ3) is 5.85. The zero-order valence-electron chi connectivity index (χ0n) is 19.3. The number of fused-ring (bicyclic) bond motifs is 1. The highest BCUT2D eigenvalue weighted by molar-refractivity contribution is 6.30. The largest absolute Gasteiger partial charge is 0.205 e. The Balaban J connectivity index is 1.50. The smallest absolute Gasteiger partial charge is 0.146 e. The SMILES string of the molecule is CCCCCCCc1ccc(-c2ccc3c(F)c(C#Cc4ccc(Cl)c(F)c4)ccc3c2)cc1. The van der Waals surface area contributed by atoms with Gasteiger partial charge in [-0.25, -0.2) is 8.78 Å². The molecule has 3 heteroatoms. The Kier molecular flexibility index (Phi) is 7.99. The van der Waals surface area contributed by atoms with Gasteiger partial charge in [-0.2, -0.15) is 0 Å². The number of unbranched alkanes of at least 4 members (excludes halogenated alkanes) is 4. The first-order chi connectivity index (χ1) is 16.5. The molecule has 0 radical (unpaired) electrons. The molecule has 0 saturated carbocycles. The molecule has 0 saturated heterocycles. The first-order valence-electron chi connectivity index (χ1n) is 11.8. The third-order valence-corrected chi connectivity index (χ3v) is 6.38. The zero-order valence-corrected chi connectivity index (χ0v) is 20.1. The van der Waals surface area contributed by atoms with Crippen molar-refractivity contribution >= 4 is 22.4 Å². The van der Waals surface area contributed by atoms with Crippen LogP contribution in [0.15, 0.2) is 72.8 Å². The second kappa shape index (κ2) is 11.3. The Bertz CT molecular complexity index is 1340. The van der Waals surface area contributed by atoms with Crippen LogP contribution in [-0.2, 0) is 6.42 Å². The molecule has 0 amide bonds. The van der Waals surface area contributed by atoms with E-state index in [0.717, 1.165) is 22.9 Å². The molecule has 0 aromatic heterocycles. The van der Waals surface area contributed by atoms with Gasteiger partial charge in [0.05, 0.1) is 10.6 Å². The Labute approximate surface area is 205 Å². The van der Waals surface area contributed by atoms with Crippen molar-refractivity contribution in [3.63, 3.8) is 0 Å². The van der Waals surface area contributed by atoms with Crippen LogP contribution in [0.5, 0.6) is 0 Å². The van der Waals surface area contributed by atoms with Crippen molar-refractivity contribution in [1.29, 1.82) is 0 Å². The number of benzene rings is 4. The fraction of sp³-hybridized carbons (Fsp3) is 0.226. The quantitative estimate of drug-likeness (QED) is 0.185. The molecule has 4 aromatic carbocycles. The summed E-state index contributed by atoms with van der Waals surface area (Å²) in [6.45, 7) is 2.24. The lowest BCUT2D eigenvalue weighted by Crippen LogP contribution is -1.89. The number of rotatable bonds is 7. The standard InChI is InChI=1S/C31H27ClF2/c1-2-3-4-5-6-7-22-8-12-24(13-9-22)26-17-18-28-27(21-26)16-15-25(31(28)34)14-10-23-11-19-29(32)30(33)20-23/h8-9,11-13,15-21H,2-7H2,1H3. The van der Waals surface area contributed by atoms with Crippen LogP contribution in [0.1, 0.15) is 55.7 Å². The summed E-state index contributed by atoms with van der Waals surface area (Å²) in [7, 11) is 0. The molecule has 0 aliphatic rings. The normalized spacial score (nSPS) is 10.8. The van der Waals surface area contributed by atoms with Gasteiger partial charge in [-0.3, -0.25) is 0 Å². The maximum atomic E-state index is 15.1. The second-order valence-corrected chi connectivity index (χ2v) is 9.01. The molecule has 0 nitrogen and oxygen atoms in total. The van der Waals surface area contributed by atoms with Crippen molar-refractivity contribution in [1.82, 2.24) is 0 Å². The highest BCUT2D eigenvalue weighted by atomic mass is 35.5. The molecule has 4 aromatic rings. The lowest BCUT2D eigenvalue weighted by atomic mass is 9.97. The molecule has 34 heavy (non-hydrogen) atoms. The summed E-state index contributed by atoms with van der Waals surface area (Å²) in [5, 5.41) is 1.37. The predicted molar refractivity (Wildman–Crippen MR) is 139 cm³/mol. The molecule has 4 rings (SSSR count). The molecule has 0 heterocycles. The molecule has 0 N–H and O–H groups in total. The van der Waals surface area contributed by atoms with Crippen LogP contribution in [0, 0.1) is 23.5 Å². The van der Waals surface area contributed by atoms with Crippen molar-refractivity contribution < 1.29 is 8.78 Å². The Morgan fingerprint density at radius 2 is 1.50 bits per heavy atom. The second-order valence-electron chi connectivity index (χ2n) is 8.60. The molecule has 0 unspecified atom stereocenters. The number of hydrogen-bond acceptors (Lipinski definition) is 0. The minimum absolute atomic E-state index is 0.0373. The van der Waals surface area contributed by atoms with Gasteiger partial charge < -0.3 is 0 Å². The summed E-state index contributed by atoms with van der Waals surface area (Å²) in [5.41, 5.74) is 4.25. The first-order valence-corrected chi connectivity index (χ1v) is 12.2. The van der Waals surface area contributed by atoms with E-state index in [2.05, 4.69) is 43.0 Å². The predicted octanol–water partition coefficient (Wildman–Crippen LogP) is 9.35. The number of halogens is 3. The minimum atomic E-state index is -0.542. The van der Waals surface area contributed by atoms with Gasteiger partial charge in [-0.1, -0.05) is 98.5 Å². The topological polar surface area (TPSA) is 0 Å². The lowest BCUT2D eigenvalue weighted by Gasteiger charge is -2.08. The van der Waals surface area contributed by atoms with E-state index in [0.29, 0.717) is 10.9 Å². The molecule has 0 aliphatic heterocycles. The maximum absolute atomic E-state index is 15.1. The lowest BCUT2D eigenvalue weighted by molar-refractivity contribution is 0.628. The summed E-state index contributed by atoms with van der Waals surface area (Å²) in [5.74, 6) is 4.71. The van der Waals surface area contributed by atoms with Crippen LogP contribution in [-0.4, -0.2) is 0 Å². The monoisotopic (exact) mass is 472 g/mol. The highest BCUT2D eigenvalue weighted by Gasteiger charge is 2.08. The summed E-state index contributed by atoms with van der Waals surface area (Å²) in [4.78, 5) is 0. The molecular weight excluding hydrogens is 446 g/mol. The van der Waals surface area contributed by atoms with E-state index in [9.17, 15) is 4.39 Å². The summed E-state index contributed by atoms with van der Waals surface area (Å²) in [6.07, 6.45) is 7.53. The number of aryl methyl sites for hydroxylation is 1. The van der Waals surface area contributed by atoms with E-state index >= 15 is 4.39 Å². The van der Waals surface area contributed by atoms with E-state index in [4.69, 9.17) is 11.6 Å². The first kappa shape index (κ1) is 24.0. The molecule has 0 spiro atoms. The molecule has 0 bridgehead atoms. The van der Waals surface area contributed by atoms with Gasteiger partial charge >= 0.3 is 0 Å². The third-order valence-electron chi connectivity index (χ3n) is 6.07. The van der Waals surface area contributed by atoms with Crippen LogP contribution < -0.4 is 0 Å². The Hall–Kier alpha value is -3.15.